The number of rotatable bonds is 2. The van der Waals surface area contributed by atoms with Gasteiger partial charge in [-0.2, -0.15) is 18.3 Å². The highest BCUT2D eigenvalue weighted by atomic mass is 19.4. The average molecular weight is 388 g/mol. The van der Waals surface area contributed by atoms with E-state index in [0.717, 1.165) is 36.8 Å². The van der Waals surface area contributed by atoms with Gasteiger partial charge in [-0.25, -0.2) is 14.5 Å². The van der Waals surface area contributed by atoms with E-state index in [1.54, 1.807) is 23.0 Å². The standard InChI is InChI=1S/C19H19F3N6/c20-19(21,22)16-2-1-3-17(25-16)26-9-5-13-6-10-27(15(13)12-26)18-14-4-7-24-28(14)11-8-23-18/h1-4,7-8,11,13,15H,5-6,9-10,12H2. The van der Waals surface area contributed by atoms with Gasteiger partial charge in [0, 0.05) is 32.0 Å². The van der Waals surface area contributed by atoms with Gasteiger partial charge in [0.25, 0.3) is 0 Å². The Morgan fingerprint density at radius 2 is 1.89 bits per heavy atom. The van der Waals surface area contributed by atoms with E-state index in [0.29, 0.717) is 24.8 Å². The molecule has 0 aromatic carbocycles. The molecule has 0 amide bonds. The molecule has 5 heterocycles. The molecular formula is C19H19F3N6. The van der Waals surface area contributed by atoms with Crippen molar-refractivity contribution < 1.29 is 13.2 Å². The van der Waals surface area contributed by atoms with Gasteiger partial charge >= 0.3 is 6.18 Å². The lowest BCUT2D eigenvalue weighted by atomic mass is 9.92. The maximum absolute atomic E-state index is 13.0. The molecule has 3 aromatic rings. The molecule has 2 unspecified atom stereocenters. The van der Waals surface area contributed by atoms with Crippen molar-refractivity contribution in [1.29, 1.82) is 0 Å². The molecule has 146 valence electrons. The summed E-state index contributed by atoms with van der Waals surface area (Å²) >= 11 is 0. The number of piperidine rings is 1. The molecule has 5 rings (SSSR count). The van der Waals surface area contributed by atoms with E-state index in [1.165, 1.54) is 6.07 Å². The molecule has 28 heavy (non-hydrogen) atoms. The van der Waals surface area contributed by atoms with Crippen LogP contribution < -0.4 is 9.80 Å². The zero-order valence-electron chi connectivity index (χ0n) is 15.0. The summed E-state index contributed by atoms with van der Waals surface area (Å²) in [4.78, 5) is 12.7. The zero-order chi connectivity index (χ0) is 19.3. The third kappa shape index (κ3) is 2.85. The van der Waals surface area contributed by atoms with Crippen molar-refractivity contribution >= 4 is 17.2 Å². The molecule has 0 bridgehead atoms. The van der Waals surface area contributed by atoms with Gasteiger partial charge in [0.1, 0.15) is 17.0 Å². The predicted octanol–water partition coefficient (Wildman–Crippen LogP) is 3.25. The normalized spacial score (nSPS) is 22.7. The average Bonchev–Trinajstić information content (AvgIpc) is 3.33. The van der Waals surface area contributed by atoms with Crippen molar-refractivity contribution in [2.45, 2.75) is 25.1 Å². The topological polar surface area (TPSA) is 49.6 Å². The summed E-state index contributed by atoms with van der Waals surface area (Å²) in [6, 6.07) is 6.23. The molecule has 6 nitrogen and oxygen atoms in total. The van der Waals surface area contributed by atoms with Crippen LogP contribution in [0.3, 0.4) is 0 Å². The van der Waals surface area contributed by atoms with Gasteiger partial charge in [0.2, 0.25) is 0 Å². The number of hydrogen-bond donors (Lipinski definition) is 0. The first kappa shape index (κ1) is 17.3. The van der Waals surface area contributed by atoms with Crippen LogP contribution in [0.2, 0.25) is 0 Å². The second-order valence-electron chi connectivity index (χ2n) is 7.33. The number of halogens is 3. The molecule has 2 saturated heterocycles. The van der Waals surface area contributed by atoms with Gasteiger partial charge in [-0.1, -0.05) is 6.07 Å². The summed E-state index contributed by atoms with van der Waals surface area (Å²) in [5, 5.41) is 4.27. The van der Waals surface area contributed by atoms with Gasteiger partial charge < -0.3 is 9.80 Å². The second-order valence-corrected chi connectivity index (χ2v) is 7.33. The Kier molecular flexibility index (Phi) is 3.92. The lowest BCUT2D eigenvalue weighted by Crippen LogP contribution is -2.49. The van der Waals surface area contributed by atoms with Crippen molar-refractivity contribution in [1.82, 2.24) is 19.6 Å². The van der Waals surface area contributed by atoms with Crippen LogP contribution in [-0.2, 0) is 6.18 Å². The Bertz CT molecular complexity index is 1000. The molecule has 0 radical (unpaired) electrons. The van der Waals surface area contributed by atoms with Crippen LogP contribution in [0.4, 0.5) is 24.8 Å². The first-order valence-corrected chi connectivity index (χ1v) is 9.35. The van der Waals surface area contributed by atoms with Crippen molar-refractivity contribution in [2.75, 3.05) is 29.4 Å². The van der Waals surface area contributed by atoms with Crippen LogP contribution in [0.15, 0.2) is 42.9 Å². The van der Waals surface area contributed by atoms with Crippen LogP contribution in [-0.4, -0.2) is 45.3 Å². The van der Waals surface area contributed by atoms with E-state index in [2.05, 4.69) is 20.0 Å². The highest BCUT2D eigenvalue weighted by Gasteiger charge is 2.40. The largest absolute Gasteiger partial charge is 0.433 e. The lowest BCUT2D eigenvalue weighted by molar-refractivity contribution is -0.141. The highest BCUT2D eigenvalue weighted by Crippen LogP contribution is 2.37. The molecule has 0 saturated carbocycles. The Hall–Kier alpha value is -2.84. The summed E-state index contributed by atoms with van der Waals surface area (Å²) in [6.45, 7) is 2.24. The number of alkyl halides is 3. The van der Waals surface area contributed by atoms with Gasteiger partial charge in [-0.05, 0) is 37.0 Å². The van der Waals surface area contributed by atoms with E-state index < -0.39 is 11.9 Å². The van der Waals surface area contributed by atoms with Crippen molar-refractivity contribution in [2.24, 2.45) is 5.92 Å². The number of fused-ring (bicyclic) bond motifs is 2. The van der Waals surface area contributed by atoms with Gasteiger partial charge in [0.15, 0.2) is 5.82 Å². The quantitative estimate of drug-likeness (QED) is 0.675. The van der Waals surface area contributed by atoms with E-state index in [4.69, 9.17) is 0 Å². The van der Waals surface area contributed by atoms with Crippen LogP contribution in [0, 0.1) is 5.92 Å². The van der Waals surface area contributed by atoms with Crippen molar-refractivity contribution in [3.05, 3.63) is 48.5 Å². The fourth-order valence-electron chi connectivity index (χ4n) is 4.43. The molecule has 2 aliphatic rings. The number of hydrogen-bond acceptors (Lipinski definition) is 5. The summed E-state index contributed by atoms with van der Waals surface area (Å²) in [7, 11) is 0. The molecule has 2 fully saturated rings. The van der Waals surface area contributed by atoms with Crippen LogP contribution in [0.1, 0.15) is 18.5 Å². The lowest BCUT2D eigenvalue weighted by Gasteiger charge is -2.39. The van der Waals surface area contributed by atoms with E-state index in [9.17, 15) is 13.2 Å². The van der Waals surface area contributed by atoms with Crippen LogP contribution in [0.5, 0.6) is 0 Å². The Morgan fingerprint density at radius 3 is 2.75 bits per heavy atom. The smallest absolute Gasteiger partial charge is 0.355 e. The number of nitrogens with zero attached hydrogens (tertiary/aromatic N) is 6. The van der Waals surface area contributed by atoms with Gasteiger partial charge in [0.05, 0.1) is 12.2 Å². The molecular weight excluding hydrogens is 369 g/mol. The minimum atomic E-state index is -4.44. The third-order valence-corrected chi connectivity index (χ3v) is 5.79. The molecule has 2 atom stereocenters. The minimum Gasteiger partial charge on any atom is -0.355 e. The van der Waals surface area contributed by atoms with Crippen LogP contribution >= 0.6 is 0 Å². The Morgan fingerprint density at radius 1 is 1.04 bits per heavy atom. The van der Waals surface area contributed by atoms with E-state index >= 15 is 0 Å². The molecule has 0 aliphatic carbocycles. The zero-order valence-corrected chi connectivity index (χ0v) is 15.0. The molecule has 2 aliphatic heterocycles. The summed E-state index contributed by atoms with van der Waals surface area (Å²) < 4.78 is 40.9. The predicted molar refractivity (Wildman–Crippen MR) is 98.3 cm³/mol. The maximum atomic E-state index is 13.0. The minimum absolute atomic E-state index is 0.193. The first-order valence-electron chi connectivity index (χ1n) is 9.35. The molecule has 3 aromatic heterocycles. The van der Waals surface area contributed by atoms with Gasteiger partial charge in [-0.15, -0.1) is 0 Å². The number of anilines is 2. The maximum Gasteiger partial charge on any atom is 0.433 e. The molecule has 9 heteroatoms. The van der Waals surface area contributed by atoms with Gasteiger partial charge in [-0.3, -0.25) is 0 Å². The fourth-order valence-corrected chi connectivity index (χ4v) is 4.43. The number of aromatic nitrogens is 4. The van der Waals surface area contributed by atoms with E-state index in [-0.39, 0.29) is 6.04 Å². The fraction of sp³-hybridized carbons (Fsp3) is 0.421. The first-order chi connectivity index (χ1) is 13.5. The highest BCUT2D eigenvalue weighted by molar-refractivity contribution is 5.69. The third-order valence-electron chi connectivity index (χ3n) is 5.79. The number of pyridine rings is 1. The summed E-state index contributed by atoms with van der Waals surface area (Å²) in [6.07, 6.45) is 2.85. The van der Waals surface area contributed by atoms with Crippen molar-refractivity contribution in [3.63, 3.8) is 0 Å². The molecule has 0 spiro atoms. The van der Waals surface area contributed by atoms with Crippen LogP contribution in [0.25, 0.3) is 5.52 Å². The Labute approximate surface area is 159 Å². The SMILES string of the molecule is FC(F)(F)c1cccc(N2CCC3CCN(c4nccn5nccc45)C3C2)n1. The second kappa shape index (κ2) is 6.35. The van der Waals surface area contributed by atoms with E-state index in [1.807, 2.05) is 17.2 Å². The summed E-state index contributed by atoms with van der Waals surface area (Å²) in [5.41, 5.74) is 0.0959. The monoisotopic (exact) mass is 388 g/mol. The van der Waals surface area contributed by atoms with Crippen molar-refractivity contribution in [3.8, 4) is 0 Å². The summed E-state index contributed by atoms with van der Waals surface area (Å²) in [5.74, 6) is 1.77. The molecule has 0 N–H and O–H groups in total. The Balaban J connectivity index is 1.44.